The molecule has 1 amide bonds. The predicted molar refractivity (Wildman–Crippen MR) is 79.6 cm³/mol. The molecule has 0 unspecified atom stereocenters. The van der Waals surface area contributed by atoms with Crippen LogP contribution in [0.3, 0.4) is 0 Å². The monoisotopic (exact) mass is 332 g/mol. The van der Waals surface area contributed by atoms with E-state index in [0.29, 0.717) is 24.5 Å². The lowest BCUT2D eigenvalue weighted by Gasteiger charge is -2.07. The molecule has 0 atom stereocenters. The fraction of sp³-hybridized carbons (Fsp3) is 0.200. The van der Waals surface area contributed by atoms with Crippen molar-refractivity contribution in [1.82, 2.24) is 4.98 Å². The second-order valence-electron chi connectivity index (χ2n) is 4.76. The minimum Gasteiger partial charge on any atom is -0.372 e. The van der Waals surface area contributed by atoms with Crippen LogP contribution >= 0.6 is 15.9 Å². The normalized spacial score (nSPS) is 13.1. The van der Waals surface area contributed by atoms with Crippen LogP contribution < -0.4 is 5.32 Å². The van der Waals surface area contributed by atoms with E-state index in [0.717, 1.165) is 21.3 Å². The first-order valence-corrected chi connectivity index (χ1v) is 7.06. The van der Waals surface area contributed by atoms with E-state index in [1.54, 1.807) is 6.20 Å². The van der Waals surface area contributed by atoms with Crippen molar-refractivity contribution in [2.75, 3.05) is 5.32 Å². The first-order valence-electron chi connectivity index (χ1n) is 6.26. The number of carbonyl (C=O) groups is 1. The minimum absolute atomic E-state index is 0.136. The molecule has 1 aromatic heterocycles. The molecule has 0 fully saturated rings. The number of ether oxygens (including phenoxy) is 1. The molecule has 20 heavy (non-hydrogen) atoms. The van der Waals surface area contributed by atoms with Crippen molar-refractivity contribution in [3.05, 3.63) is 57.3 Å². The van der Waals surface area contributed by atoms with Gasteiger partial charge in [-0.2, -0.15) is 0 Å². The molecular formula is C15H13BrN2O2. The summed E-state index contributed by atoms with van der Waals surface area (Å²) >= 11 is 3.34. The van der Waals surface area contributed by atoms with E-state index >= 15 is 0 Å². The second-order valence-corrected chi connectivity index (χ2v) is 5.51. The van der Waals surface area contributed by atoms with E-state index in [1.807, 2.05) is 31.2 Å². The lowest BCUT2D eigenvalue weighted by atomic mass is 10.1. The number of fused-ring (bicyclic) bond motifs is 1. The van der Waals surface area contributed by atoms with E-state index < -0.39 is 0 Å². The molecule has 0 radical (unpaired) electrons. The number of carbonyl (C=O) groups excluding carboxylic acids is 1. The van der Waals surface area contributed by atoms with E-state index in [2.05, 4.69) is 26.2 Å². The van der Waals surface area contributed by atoms with E-state index in [9.17, 15) is 4.79 Å². The van der Waals surface area contributed by atoms with Gasteiger partial charge in [-0.05, 0) is 57.7 Å². The molecule has 1 aromatic carbocycles. The van der Waals surface area contributed by atoms with Crippen molar-refractivity contribution in [3.8, 4) is 0 Å². The summed E-state index contributed by atoms with van der Waals surface area (Å²) in [6.07, 6.45) is 1.63. The molecule has 0 aliphatic carbocycles. The van der Waals surface area contributed by atoms with Gasteiger partial charge >= 0.3 is 0 Å². The van der Waals surface area contributed by atoms with Gasteiger partial charge in [0, 0.05) is 5.56 Å². The number of hydrogen-bond acceptors (Lipinski definition) is 3. The zero-order chi connectivity index (χ0) is 14.1. The van der Waals surface area contributed by atoms with Crippen molar-refractivity contribution in [1.29, 1.82) is 0 Å². The first kappa shape index (κ1) is 13.3. The maximum absolute atomic E-state index is 12.2. The highest BCUT2D eigenvalue weighted by molar-refractivity contribution is 9.10. The Morgan fingerprint density at radius 2 is 2.10 bits per heavy atom. The Balaban J connectivity index is 1.80. The van der Waals surface area contributed by atoms with Gasteiger partial charge in [-0.1, -0.05) is 6.07 Å². The van der Waals surface area contributed by atoms with Gasteiger partial charge in [0.05, 0.1) is 25.1 Å². The average Bonchev–Trinajstić information content (AvgIpc) is 2.90. The number of rotatable bonds is 2. The van der Waals surface area contributed by atoms with Crippen molar-refractivity contribution in [2.45, 2.75) is 20.1 Å². The Bertz CT molecular complexity index is 686. The molecule has 1 aliphatic rings. The highest BCUT2D eigenvalue weighted by Gasteiger charge is 2.14. The third kappa shape index (κ3) is 2.59. The van der Waals surface area contributed by atoms with E-state index in [1.165, 1.54) is 0 Å². The Morgan fingerprint density at radius 1 is 1.30 bits per heavy atom. The standard InChI is InChI=1S/C15H13BrN2O2/c1-9-4-13(6-17-14(9)16)18-15(19)10-2-3-11-7-20-8-12(11)5-10/h2-6H,7-8H2,1H3,(H,18,19). The molecule has 1 N–H and O–H groups in total. The summed E-state index contributed by atoms with van der Waals surface area (Å²) in [5.41, 5.74) is 4.54. The zero-order valence-corrected chi connectivity index (χ0v) is 12.5. The quantitative estimate of drug-likeness (QED) is 0.857. The van der Waals surface area contributed by atoms with Crippen LogP contribution in [0.2, 0.25) is 0 Å². The number of benzene rings is 1. The average molecular weight is 333 g/mol. The largest absolute Gasteiger partial charge is 0.372 e. The molecule has 4 nitrogen and oxygen atoms in total. The van der Waals surface area contributed by atoms with Gasteiger partial charge in [0.2, 0.25) is 0 Å². The Kier molecular flexibility index (Phi) is 3.54. The van der Waals surface area contributed by atoms with Crippen molar-refractivity contribution in [2.24, 2.45) is 0 Å². The highest BCUT2D eigenvalue weighted by atomic mass is 79.9. The molecule has 3 rings (SSSR count). The number of nitrogens with one attached hydrogen (secondary N) is 1. The summed E-state index contributed by atoms with van der Waals surface area (Å²) in [4.78, 5) is 16.4. The van der Waals surface area contributed by atoms with E-state index in [-0.39, 0.29) is 5.91 Å². The number of hydrogen-bond donors (Lipinski definition) is 1. The summed E-state index contributed by atoms with van der Waals surface area (Å²) < 4.78 is 6.13. The summed E-state index contributed by atoms with van der Waals surface area (Å²) in [5, 5.41) is 2.85. The lowest BCUT2D eigenvalue weighted by molar-refractivity contribution is 0.102. The third-order valence-corrected chi connectivity index (χ3v) is 4.09. The van der Waals surface area contributed by atoms with Crippen LogP contribution in [-0.4, -0.2) is 10.9 Å². The molecule has 0 bridgehead atoms. The van der Waals surface area contributed by atoms with Gasteiger partial charge in [0.15, 0.2) is 0 Å². The fourth-order valence-corrected chi connectivity index (χ4v) is 2.36. The molecule has 102 valence electrons. The Hall–Kier alpha value is -1.72. The van der Waals surface area contributed by atoms with Crippen molar-refractivity contribution < 1.29 is 9.53 Å². The number of anilines is 1. The molecule has 2 aromatic rings. The maximum Gasteiger partial charge on any atom is 0.255 e. The van der Waals surface area contributed by atoms with E-state index in [4.69, 9.17) is 4.74 Å². The van der Waals surface area contributed by atoms with Gasteiger partial charge in [-0.3, -0.25) is 4.79 Å². The molecule has 0 spiro atoms. The maximum atomic E-state index is 12.2. The molecule has 0 saturated heterocycles. The number of aryl methyl sites for hydroxylation is 1. The van der Waals surface area contributed by atoms with Crippen molar-refractivity contribution >= 4 is 27.5 Å². The van der Waals surface area contributed by atoms with Crippen molar-refractivity contribution in [3.63, 3.8) is 0 Å². The predicted octanol–water partition coefficient (Wildman–Crippen LogP) is 3.44. The molecule has 5 heteroatoms. The summed E-state index contributed by atoms with van der Waals surface area (Å²) in [5.74, 6) is -0.136. The van der Waals surface area contributed by atoms with Gasteiger partial charge < -0.3 is 10.1 Å². The number of amides is 1. The van der Waals surface area contributed by atoms with Gasteiger partial charge in [-0.15, -0.1) is 0 Å². The second kappa shape index (κ2) is 5.34. The van der Waals surface area contributed by atoms with Crippen LogP contribution in [0.4, 0.5) is 5.69 Å². The van der Waals surface area contributed by atoms with Crippen LogP contribution in [0.15, 0.2) is 35.1 Å². The smallest absolute Gasteiger partial charge is 0.255 e. The Labute approximate surface area is 125 Å². The number of aromatic nitrogens is 1. The summed E-state index contributed by atoms with van der Waals surface area (Å²) in [7, 11) is 0. The van der Waals surface area contributed by atoms with Gasteiger partial charge in [0.25, 0.3) is 5.91 Å². The first-order chi connectivity index (χ1) is 9.63. The highest BCUT2D eigenvalue weighted by Crippen LogP contribution is 2.22. The number of nitrogens with zero attached hydrogens (tertiary/aromatic N) is 1. The number of halogens is 1. The van der Waals surface area contributed by atoms with Crippen LogP contribution in [-0.2, 0) is 18.0 Å². The SMILES string of the molecule is Cc1cc(NC(=O)c2ccc3c(c2)COC3)cnc1Br. The van der Waals surface area contributed by atoms with Crippen LogP contribution in [0.1, 0.15) is 27.0 Å². The Morgan fingerprint density at radius 3 is 2.90 bits per heavy atom. The summed E-state index contributed by atoms with van der Waals surface area (Å²) in [6.45, 7) is 3.14. The summed E-state index contributed by atoms with van der Waals surface area (Å²) in [6, 6.07) is 7.53. The third-order valence-electron chi connectivity index (χ3n) is 3.26. The van der Waals surface area contributed by atoms with Crippen LogP contribution in [0.25, 0.3) is 0 Å². The molecule has 1 aliphatic heterocycles. The van der Waals surface area contributed by atoms with Crippen LogP contribution in [0.5, 0.6) is 0 Å². The lowest BCUT2D eigenvalue weighted by Crippen LogP contribution is -2.12. The van der Waals surface area contributed by atoms with Crippen LogP contribution in [0, 0.1) is 6.92 Å². The topological polar surface area (TPSA) is 51.2 Å². The zero-order valence-electron chi connectivity index (χ0n) is 10.9. The molecule has 2 heterocycles. The molecular weight excluding hydrogens is 320 g/mol. The fourth-order valence-electron chi connectivity index (χ4n) is 2.14. The van der Waals surface area contributed by atoms with Gasteiger partial charge in [-0.25, -0.2) is 4.98 Å². The molecule has 0 saturated carbocycles. The van der Waals surface area contributed by atoms with Gasteiger partial charge in [0.1, 0.15) is 4.60 Å². The minimum atomic E-state index is -0.136. The number of pyridine rings is 1.